The lowest BCUT2D eigenvalue weighted by atomic mass is 10.0. The highest BCUT2D eigenvalue weighted by atomic mass is 32.1. The Morgan fingerprint density at radius 2 is 2.11 bits per heavy atom. The number of carbonyl (C=O) groups is 1. The highest BCUT2D eigenvalue weighted by molar-refractivity contribution is 7.80. The standard InChI is InChI=1S/C13H12N2O2S/c1-17-12(16)11-4-2-3-8-7-9(15-13(14)18)5-6-10(8)11/h2-7H,1H3,(H3,14,15,18). The van der Waals surface area contributed by atoms with Crippen molar-refractivity contribution in [1.29, 1.82) is 0 Å². The molecule has 2 rings (SSSR count). The molecule has 0 spiro atoms. The second-order valence-electron chi connectivity index (χ2n) is 3.72. The van der Waals surface area contributed by atoms with Crippen LogP contribution in [0.5, 0.6) is 0 Å². The maximum absolute atomic E-state index is 11.6. The molecule has 0 saturated heterocycles. The lowest BCUT2D eigenvalue weighted by molar-refractivity contribution is 0.0603. The van der Waals surface area contributed by atoms with Crippen molar-refractivity contribution in [2.24, 2.45) is 5.73 Å². The number of carbonyl (C=O) groups excluding carboxylic acids is 1. The predicted octanol–water partition coefficient (Wildman–Crippen LogP) is 2.28. The van der Waals surface area contributed by atoms with E-state index >= 15 is 0 Å². The molecule has 0 aromatic heterocycles. The number of thiocarbonyl (C=S) groups is 1. The number of anilines is 1. The Morgan fingerprint density at radius 1 is 1.33 bits per heavy atom. The number of ether oxygens (including phenoxy) is 1. The Bertz CT molecular complexity index is 625. The molecule has 0 amide bonds. The minimum absolute atomic E-state index is 0.207. The summed E-state index contributed by atoms with van der Waals surface area (Å²) in [5.74, 6) is -0.351. The molecule has 3 N–H and O–H groups in total. The number of hydrogen-bond acceptors (Lipinski definition) is 3. The Labute approximate surface area is 110 Å². The molecule has 18 heavy (non-hydrogen) atoms. The van der Waals surface area contributed by atoms with E-state index in [2.05, 4.69) is 5.32 Å². The lowest BCUT2D eigenvalue weighted by Gasteiger charge is -2.08. The molecule has 5 heteroatoms. The van der Waals surface area contributed by atoms with Crippen LogP contribution in [0.1, 0.15) is 10.4 Å². The van der Waals surface area contributed by atoms with Crippen LogP contribution in [0.2, 0.25) is 0 Å². The largest absolute Gasteiger partial charge is 0.465 e. The van der Waals surface area contributed by atoms with Gasteiger partial charge in [-0.3, -0.25) is 0 Å². The number of esters is 1. The molecule has 0 atom stereocenters. The van der Waals surface area contributed by atoms with Gasteiger partial charge in [0.1, 0.15) is 0 Å². The Kier molecular flexibility index (Phi) is 3.43. The summed E-state index contributed by atoms with van der Waals surface area (Å²) >= 11 is 4.78. The van der Waals surface area contributed by atoms with Gasteiger partial charge in [-0.15, -0.1) is 0 Å². The molecule has 0 fully saturated rings. The van der Waals surface area contributed by atoms with Gasteiger partial charge in [0.05, 0.1) is 12.7 Å². The summed E-state index contributed by atoms with van der Waals surface area (Å²) in [4.78, 5) is 11.6. The van der Waals surface area contributed by atoms with Crippen molar-refractivity contribution >= 4 is 39.8 Å². The van der Waals surface area contributed by atoms with Gasteiger partial charge in [0.15, 0.2) is 5.11 Å². The van der Waals surface area contributed by atoms with Crippen LogP contribution in [0.3, 0.4) is 0 Å². The third-order valence-electron chi connectivity index (χ3n) is 2.55. The van der Waals surface area contributed by atoms with E-state index < -0.39 is 0 Å². The van der Waals surface area contributed by atoms with Crippen LogP contribution in [0.4, 0.5) is 5.69 Å². The van der Waals surface area contributed by atoms with Gasteiger partial charge in [-0.2, -0.15) is 0 Å². The minimum Gasteiger partial charge on any atom is -0.465 e. The van der Waals surface area contributed by atoms with Crippen molar-refractivity contribution < 1.29 is 9.53 Å². The van der Waals surface area contributed by atoms with Gasteiger partial charge < -0.3 is 15.8 Å². The summed E-state index contributed by atoms with van der Waals surface area (Å²) in [6.07, 6.45) is 0. The van der Waals surface area contributed by atoms with E-state index in [0.29, 0.717) is 5.56 Å². The number of rotatable bonds is 2. The Morgan fingerprint density at radius 3 is 2.78 bits per heavy atom. The van der Waals surface area contributed by atoms with Gasteiger partial charge in [0.2, 0.25) is 0 Å². The smallest absolute Gasteiger partial charge is 0.338 e. The maximum Gasteiger partial charge on any atom is 0.338 e. The van der Waals surface area contributed by atoms with E-state index in [0.717, 1.165) is 16.5 Å². The molecule has 0 radical (unpaired) electrons. The zero-order valence-electron chi connectivity index (χ0n) is 9.77. The summed E-state index contributed by atoms with van der Waals surface area (Å²) in [7, 11) is 1.37. The van der Waals surface area contributed by atoms with E-state index in [1.807, 2.05) is 24.3 Å². The monoisotopic (exact) mass is 260 g/mol. The second kappa shape index (κ2) is 5.01. The zero-order chi connectivity index (χ0) is 13.1. The van der Waals surface area contributed by atoms with Crippen molar-refractivity contribution in [3.8, 4) is 0 Å². The van der Waals surface area contributed by atoms with E-state index in [9.17, 15) is 4.79 Å². The fraction of sp³-hybridized carbons (Fsp3) is 0.0769. The quantitative estimate of drug-likeness (QED) is 0.640. The predicted molar refractivity (Wildman–Crippen MR) is 75.7 cm³/mol. The van der Waals surface area contributed by atoms with E-state index in [1.165, 1.54) is 7.11 Å². The SMILES string of the molecule is COC(=O)c1cccc2cc(NC(N)=S)ccc12. The van der Waals surface area contributed by atoms with Gasteiger partial charge in [0, 0.05) is 5.69 Å². The number of nitrogens with two attached hydrogens (primary N) is 1. The summed E-state index contributed by atoms with van der Waals surface area (Å²) < 4.78 is 4.74. The third kappa shape index (κ3) is 2.41. The fourth-order valence-electron chi connectivity index (χ4n) is 1.79. The van der Waals surface area contributed by atoms with Crippen LogP contribution < -0.4 is 11.1 Å². The molecule has 0 heterocycles. The molecular weight excluding hydrogens is 248 g/mol. The summed E-state index contributed by atoms with van der Waals surface area (Å²) in [6, 6.07) is 11.0. The molecule has 2 aromatic rings. The Balaban J connectivity index is 2.53. The van der Waals surface area contributed by atoms with Gasteiger partial charge in [0.25, 0.3) is 0 Å². The van der Waals surface area contributed by atoms with Crippen molar-refractivity contribution in [2.75, 3.05) is 12.4 Å². The fourth-order valence-corrected chi connectivity index (χ4v) is 1.91. The average molecular weight is 260 g/mol. The maximum atomic E-state index is 11.6. The molecule has 2 aromatic carbocycles. The number of methoxy groups -OCH3 is 1. The van der Waals surface area contributed by atoms with Crippen LogP contribution in [0, 0.1) is 0 Å². The first-order chi connectivity index (χ1) is 8.61. The molecule has 0 bridgehead atoms. The first-order valence-corrected chi connectivity index (χ1v) is 5.70. The van der Waals surface area contributed by atoms with Crippen LogP contribution in [-0.4, -0.2) is 18.2 Å². The Hall–Kier alpha value is -2.14. The van der Waals surface area contributed by atoms with E-state index in [4.69, 9.17) is 22.7 Å². The molecule has 0 aliphatic carbocycles. The van der Waals surface area contributed by atoms with Crippen LogP contribution >= 0.6 is 12.2 Å². The normalized spacial score (nSPS) is 10.1. The third-order valence-corrected chi connectivity index (χ3v) is 2.66. The molecule has 0 saturated carbocycles. The number of hydrogen-bond donors (Lipinski definition) is 2. The minimum atomic E-state index is -0.351. The van der Waals surface area contributed by atoms with E-state index in [-0.39, 0.29) is 11.1 Å². The molecule has 0 aliphatic heterocycles. The number of benzene rings is 2. The van der Waals surface area contributed by atoms with Crippen molar-refractivity contribution in [3.05, 3.63) is 42.0 Å². The number of nitrogens with one attached hydrogen (secondary N) is 1. The second-order valence-corrected chi connectivity index (χ2v) is 4.16. The van der Waals surface area contributed by atoms with Crippen LogP contribution in [0.15, 0.2) is 36.4 Å². The topological polar surface area (TPSA) is 64.3 Å². The van der Waals surface area contributed by atoms with Gasteiger partial charge >= 0.3 is 5.97 Å². The highest BCUT2D eigenvalue weighted by Crippen LogP contribution is 2.23. The van der Waals surface area contributed by atoms with E-state index in [1.54, 1.807) is 12.1 Å². The van der Waals surface area contributed by atoms with Gasteiger partial charge in [-0.1, -0.05) is 18.2 Å². The van der Waals surface area contributed by atoms with Crippen LogP contribution in [-0.2, 0) is 4.74 Å². The van der Waals surface area contributed by atoms with Gasteiger partial charge in [-0.05, 0) is 41.2 Å². The molecule has 0 aliphatic rings. The molecule has 0 unspecified atom stereocenters. The average Bonchev–Trinajstić information content (AvgIpc) is 2.36. The lowest BCUT2D eigenvalue weighted by Crippen LogP contribution is -2.18. The molecule has 4 nitrogen and oxygen atoms in total. The summed E-state index contributed by atoms with van der Waals surface area (Å²) in [6.45, 7) is 0. The molecule has 92 valence electrons. The number of fused-ring (bicyclic) bond motifs is 1. The highest BCUT2D eigenvalue weighted by Gasteiger charge is 2.09. The van der Waals surface area contributed by atoms with Gasteiger partial charge in [-0.25, -0.2) is 4.79 Å². The van der Waals surface area contributed by atoms with Crippen LogP contribution in [0.25, 0.3) is 10.8 Å². The first-order valence-electron chi connectivity index (χ1n) is 5.29. The van der Waals surface area contributed by atoms with Crippen molar-refractivity contribution in [2.45, 2.75) is 0 Å². The zero-order valence-corrected chi connectivity index (χ0v) is 10.6. The van der Waals surface area contributed by atoms with Crippen molar-refractivity contribution in [3.63, 3.8) is 0 Å². The molecular formula is C13H12N2O2S. The van der Waals surface area contributed by atoms with Crippen molar-refractivity contribution in [1.82, 2.24) is 0 Å². The first kappa shape index (κ1) is 12.3. The summed E-state index contributed by atoms with van der Waals surface area (Å²) in [5, 5.41) is 4.81. The summed E-state index contributed by atoms with van der Waals surface area (Å²) in [5.41, 5.74) is 6.74.